The van der Waals surface area contributed by atoms with Crippen molar-refractivity contribution in [1.82, 2.24) is 0 Å². The van der Waals surface area contributed by atoms with E-state index in [4.69, 9.17) is 5.73 Å². The molecule has 0 aromatic carbocycles. The number of carbonyl (C=O) groups is 1. The Morgan fingerprint density at radius 1 is 1.40 bits per heavy atom. The largest absolute Gasteiger partial charge is 0.465 e. The molecule has 0 heterocycles. The van der Waals surface area contributed by atoms with E-state index in [1.165, 1.54) is 0 Å². The minimum Gasteiger partial charge on any atom is -0.465 e. The molecule has 0 aromatic rings. The second-order valence-corrected chi connectivity index (χ2v) is 6.05. The Bertz CT molecular complexity index is 297. The lowest BCUT2D eigenvalue weighted by atomic mass is 10.2. The lowest BCUT2D eigenvalue weighted by molar-refractivity contribution is -0.139. The molecule has 15 heavy (non-hydrogen) atoms. The summed E-state index contributed by atoms with van der Waals surface area (Å²) in [4.78, 5) is 11.0. The van der Waals surface area contributed by atoms with Crippen LogP contribution in [0.3, 0.4) is 0 Å². The van der Waals surface area contributed by atoms with Gasteiger partial charge in [0.1, 0.15) is 5.75 Å². The van der Waals surface area contributed by atoms with Gasteiger partial charge >= 0.3 is 5.97 Å². The molecule has 90 valence electrons. The fraction of sp³-hybridized carbons (Fsp3) is 0.889. The maximum Gasteiger partial charge on any atom is 0.321 e. The zero-order valence-electron chi connectivity index (χ0n) is 9.39. The third-order valence-corrected chi connectivity index (χ3v) is 4.00. The van der Waals surface area contributed by atoms with E-state index >= 15 is 0 Å². The summed E-state index contributed by atoms with van der Waals surface area (Å²) in [5.74, 6) is -1.26. The summed E-state index contributed by atoms with van der Waals surface area (Å²) >= 11 is 0. The van der Waals surface area contributed by atoms with Crippen LogP contribution < -0.4 is 5.73 Å². The highest BCUT2D eigenvalue weighted by molar-refractivity contribution is 7.92. The van der Waals surface area contributed by atoms with Crippen LogP contribution in [0.4, 0.5) is 0 Å². The predicted molar refractivity (Wildman–Crippen MR) is 58.1 cm³/mol. The van der Waals surface area contributed by atoms with Crippen LogP contribution >= 0.6 is 0 Å². The van der Waals surface area contributed by atoms with Gasteiger partial charge in [0.15, 0.2) is 9.84 Å². The maximum atomic E-state index is 11.6. The lowest BCUT2D eigenvalue weighted by Crippen LogP contribution is -2.31. The van der Waals surface area contributed by atoms with Crippen LogP contribution in [0.1, 0.15) is 27.2 Å². The number of nitrogens with two attached hydrogens (primary N) is 1. The SMILES string of the molecule is CCOC(=O)CS(=O)(=O)C(C)CC(C)N. The first-order valence-electron chi connectivity index (χ1n) is 4.92. The van der Waals surface area contributed by atoms with Crippen molar-refractivity contribution >= 4 is 15.8 Å². The molecule has 0 saturated heterocycles. The molecule has 2 atom stereocenters. The van der Waals surface area contributed by atoms with Crippen LogP contribution in [0.5, 0.6) is 0 Å². The Labute approximate surface area is 90.9 Å². The summed E-state index contributed by atoms with van der Waals surface area (Å²) in [6.07, 6.45) is 0.349. The van der Waals surface area contributed by atoms with Crippen LogP contribution in [0, 0.1) is 0 Å². The second kappa shape index (κ2) is 6.07. The molecule has 0 aliphatic rings. The molecule has 0 aliphatic heterocycles. The maximum absolute atomic E-state index is 11.6. The predicted octanol–water partition coefficient (Wildman–Crippen LogP) is 0.0901. The van der Waals surface area contributed by atoms with E-state index < -0.39 is 26.8 Å². The molecular weight excluding hydrogens is 218 g/mol. The molecule has 2 unspecified atom stereocenters. The number of hydrogen-bond donors (Lipinski definition) is 1. The quantitative estimate of drug-likeness (QED) is 0.662. The molecule has 5 nitrogen and oxygen atoms in total. The highest BCUT2D eigenvalue weighted by atomic mass is 32.2. The zero-order chi connectivity index (χ0) is 12.1. The highest BCUT2D eigenvalue weighted by Gasteiger charge is 2.25. The second-order valence-electron chi connectivity index (χ2n) is 3.64. The first-order valence-corrected chi connectivity index (χ1v) is 6.64. The van der Waals surface area contributed by atoms with Gasteiger partial charge in [0.25, 0.3) is 0 Å². The Balaban J connectivity index is 4.35. The number of hydrogen-bond acceptors (Lipinski definition) is 5. The molecular formula is C9H19NO4S. The van der Waals surface area contributed by atoms with Gasteiger partial charge < -0.3 is 10.5 Å². The van der Waals surface area contributed by atoms with Crippen molar-refractivity contribution in [2.45, 2.75) is 38.5 Å². The normalized spacial score (nSPS) is 15.7. The number of sulfone groups is 1. The third-order valence-electron chi connectivity index (χ3n) is 1.94. The van der Waals surface area contributed by atoms with Gasteiger partial charge in [-0.15, -0.1) is 0 Å². The first kappa shape index (κ1) is 14.4. The third kappa shape index (κ3) is 5.74. The summed E-state index contributed by atoms with van der Waals surface area (Å²) in [6, 6.07) is -0.197. The highest BCUT2D eigenvalue weighted by Crippen LogP contribution is 2.08. The molecule has 0 amide bonds. The van der Waals surface area contributed by atoms with Crippen LogP contribution in [-0.4, -0.2) is 38.0 Å². The molecule has 0 aromatic heterocycles. The smallest absolute Gasteiger partial charge is 0.321 e. The van der Waals surface area contributed by atoms with Gasteiger partial charge in [0, 0.05) is 6.04 Å². The summed E-state index contributed by atoms with van der Waals surface area (Å²) in [6.45, 7) is 5.11. The molecule has 0 saturated carbocycles. The van der Waals surface area contributed by atoms with Crippen LogP contribution in [0.2, 0.25) is 0 Å². The Morgan fingerprint density at radius 2 is 1.93 bits per heavy atom. The number of carbonyl (C=O) groups excluding carboxylic acids is 1. The Hall–Kier alpha value is -0.620. The molecule has 0 bridgehead atoms. The fourth-order valence-corrected chi connectivity index (χ4v) is 2.47. The van der Waals surface area contributed by atoms with Gasteiger partial charge in [0.2, 0.25) is 0 Å². The first-order chi connectivity index (χ1) is 6.79. The summed E-state index contributed by atoms with van der Waals surface area (Å²) < 4.78 is 27.8. The van der Waals surface area contributed by atoms with E-state index in [1.807, 2.05) is 0 Å². The Morgan fingerprint density at radius 3 is 2.33 bits per heavy atom. The van der Waals surface area contributed by atoms with Crippen molar-refractivity contribution in [2.24, 2.45) is 5.73 Å². The lowest BCUT2D eigenvalue weighted by Gasteiger charge is -2.14. The number of ether oxygens (including phenoxy) is 1. The van der Waals surface area contributed by atoms with Gasteiger partial charge in [-0.3, -0.25) is 4.79 Å². The van der Waals surface area contributed by atoms with Crippen molar-refractivity contribution in [3.63, 3.8) is 0 Å². The Kier molecular flexibility index (Phi) is 5.82. The van der Waals surface area contributed by atoms with E-state index in [0.717, 1.165) is 0 Å². The van der Waals surface area contributed by atoms with Crippen LogP contribution in [-0.2, 0) is 19.4 Å². The summed E-state index contributed by atoms with van der Waals surface area (Å²) in [5, 5.41) is -0.609. The van der Waals surface area contributed by atoms with Gasteiger partial charge in [-0.25, -0.2) is 8.42 Å². The van der Waals surface area contributed by atoms with Crippen molar-refractivity contribution in [2.75, 3.05) is 12.4 Å². The summed E-state index contributed by atoms with van der Waals surface area (Å²) in [7, 11) is -3.43. The standard InChI is InChI=1S/C9H19NO4S/c1-4-14-9(11)6-15(12,13)8(3)5-7(2)10/h7-8H,4-6,10H2,1-3H3. The molecule has 0 radical (unpaired) electrons. The number of esters is 1. The fourth-order valence-electron chi connectivity index (χ4n) is 1.18. The van der Waals surface area contributed by atoms with Gasteiger partial charge in [-0.05, 0) is 27.2 Å². The molecule has 0 fully saturated rings. The van der Waals surface area contributed by atoms with Crippen LogP contribution in [0.15, 0.2) is 0 Å². The van der Waals surface area contributed by atoms with Crippen molar-refractivity contribution in [1.29, 1.82) is 0 Å². The molecule has 0 rings (SSSR count). The van der Waals surface area contributed by atoms with Crippen molar-refractivity contribution in [3.05, 3.63) is 0 Å². The van der Waals surface area contributed by atoms with Gasteiger partial charge in [-0.1, -0.05) is 0 Å². The molecule has 6 heteroatoms. The van der Waals surface area contributed by atoms with E-state index in [-0.39, 0.29) is 12.6 Å². The van der Waals surface area contributed by atoms with Gasteiger partial charge in [0.05, 0.1) is 11.9 Å². The monoisotopic (exact) mass is 237 g/mol. The van der Waals surface area contributed by atoms with E-state index in [0.29, 0.717) is 6.42 Å². The topological polar surface area (TPSA) is 86.5 Å². The number of rotatable bonds is 6. The van der Waals surface area contributed by atoms with Crippen molar-refractivity contribution in [3.8, 4) is 0 Å². The molecule has 0 spiro atoms. The zero-order valence-corrected chi connectivity index (χ0v) is 10.2. The average molecular weight is 237 g/mol. The van der Waals surface area contributed by atoms with Gasteiger partial charge in [-0.2, -0.15) is 0 Å². The minimum absolute atomic E-state index is 0.191. The van der Waals surface area contributed by atoms with E-state index in [1.54, 1.807) is 20.8 Å². The molecule has 0 aliphatic carbocycles. The average Bonchev–Trinajstić information content (AvgIpc) is 2.01. The minimum atomic E-state index is -3.43. The van der Waals surface area contributed by atoms with E-state index in [9.17, 15) is 13.2 Å². The molecule has 2 N–H and O–H groups in total. The van der Waals surface area contributed by atoms with E-state index in [2.05, 4.69) is 4.74 Å². The van der Waals surface area contributed by atoms with Crippen LogP contribution in [0.25, 0.3) is 0 Å². The van der Waals surface area contributed by atoms with Crippen molar-refractivity contribution < 1.29 is 17.9 Å². The summed E-state index contributed by atoms with van der Waals surface area (Å²) in [5.41, 5.74) is 5.50.